The Morgan fingerprint density at radius 2 is 1.44 bits per heavy atom. The second-order valence-corrected chi connectivity index (χ2v) is 15.8. The van der Waals surface area contributed by atoms with Crippen LogP contribution >= 0.6 is 0 Å². The van der Waals surface area contributed by atoms with Crippen LogP contribution in [0.5, 0.6) is 11.5 Å². The van der Waals surface area contributed by atoms with Gasteiger partial charge in [-0.1, -0.05) is 99.5 Å². The fourth-order valence-corrected chi connectivity index (χ4v) is 8.56. The zero-order chi connectivity index (χ0) is 38.9. The van der Waals surface area contributed by atoms with Gasteiger partial charge in [0.25, 0.3) is 0 Å². The highest BCUT2D eigenvalue weighted by Gasteiger charge is 2.39. The molecule has 7 heteroatoms. The summed E-state index contributed by atoms with van der Waals surface area (Å²) in [7, 11) is 3.45. The number of unbranched alkanes of at least 4 members (excludes halogenated alkanes) is 1. The molecular formula is C48H64FN3O3. The molecule has 0 saturated carbocycles. The third kappa shape index (κ3) is 11.7. The van der Waals surface area contributed by atoms with Crippen molar-refractivity contribution in [1.82, 2.24) is 16.0 Å². The largest absolute Gasteiger partial charge is 0.493 e. The minimum atomic E-state index is -0.259. The molecule has 55 heavy (non-hydrogen) atoms. The van der Waals surface area contributed by atoms with E-state index in [1.807, 2.05) is 0 Å². The highest BCUT2D eigenvalue weighted by molar-refractivity contribution is 5.76. The maximum absolute atomic E-state index is 13.4. The number of fused-ring (bicyclic) bond motifs is 1. The lowest BCUT2D eigenvalue weighted by Gasteiger charge is -2.43. The van der Waals surface area contributed by atoms with Crippen LogP contribution in [-0.4, -0.2) is 46.3 Å². The minimum absolute atomic E-state index is 0.0282. The zero-order valence-electron chi connectivity index (χ0n) is 33.7. The Bertz CT molecular complexity index is 1690. The normalized spacial score (nSPS) is 15.5. The van der Waals surface area contributed by atoms with Gasteiger partial charge in [0.05, 0.1) is 14.2 Å². The molecule has 4 aromatic carbocycles. The van der Waals surface area contributed by atoms with Gasteiger partial charge in [0.1, 0.15) is 5.82 Å². The number of rotatable bonds is 23. The van der Waals surface area contributed by atoms with Crippen LogP contribution in [0, 0.1) is 11.7 Å². The van der Waals surface area contributed by atoms with Crippen LogP contribution in [0.3, 0.4) is 0 Å². The van der Waals surface area contributed by atoms with Crippen LogP contribution in [0.15, 0.2) is 97.1 Å². The topological polar surface area (TPSA) is 71.6 Å². The van der Waals surface area contributed by atoms with E-state index in [-0.39, 0.29) is 22.7 Å². The van der Waals surface area contributed by atoms with Gasteiger partial charge < -0.3 is 25.4 Å². The van der Waals surface area contributed by atoms with Gasteiger partial charge in [-0.3, -0.25) is 4.79 Å². The molecule has 4 aromatic rings. The number of carbonyl (C=O) groups excluding carboxylic acids is 1. The van der Waals surface area contributed by atoms with Gasteiger partial charge in [0.2, 0.25) is 5.91 Å². The van der Waals surface area contributed by atoms with Crippen molar-refractivity contribution in [3.8, 4) is 11.5 Å². The summed E-state index contributed by atoms with van der Waals surface area (Å²) in [5.41, 5.74) is 5.88. The number of carbonyl (C=O) groups is 1. The summed E-state index contributed by atoms with van der Waals surface area (Å²) in [5, 5.41) is 10.9. The lowest BCUT2D eigenvalue weighted by Crippen LogP contribution is -2.47. The van der Waals surface area contributed by atoms with Gasteiger partial charge in [-0.05, 0) is 129 Å². The van der Waals surface area contributed by atoms with Gasteiger partial charge in [0.15, 0.2) is 11.5 Å². The predicted molar refractivity (Wildman–Crippen MR) is 224 cm³/mol. The maximum atomic E-state index is 13.4. The van der Waals surface area contributed by atoms with E-state index < -0.39 is 0 Å². The average Bonchev–Trinajstić information content (AvgIpc) is 3.21. The fourth-order valence-electron chi connectivity index (χ4n) is 8.56. The molecule has 1 aliphatic heterocycles. The van der Waals surface area contributed by atoms with Crippen molar-refractivity contribution in [3.05, 3.63) is 131 Å². The number of aryl methyl sites for hydroxylation is 1. The van der Waals surface area contributed by atoms with Crippen LogP contribution in [0.2, 0.25) is 0 Å². The molecule has 0 spiro atoms. The van der Waals surface area contributed by atoms with E-state index in [9.17, 15) is 9.18 Å². The number of benzene rings is 4. The molecule has 0 fully saturated rings. The second kappa shape index (κ2) is 21.2. The summed E-state index contributed by atoms with van der Waals surface area (Å²) in [4.78, 5) is 12.9. The molecule has 0 bridgehead atoms. The molecule has 0 aliphatic carbocycles. The summed E-state index contributed by atoms with van der Waals surface area (Å²) in [6.07, 6.45) is 11.2. The molecule has 5 rings (SSSR count). The van der Waals surface area contributed by atoms with Gasteiger partial charge in [-0.2, -0.15) is 0 Å². The highest BCUT2D eigenvalue weighted by atomic mass is 19.1. The number of halogens is 1. The number of methoxy groups -OCH3 is 2. The smallest absolute Gasteiger partial charge is 0.220 e. The summed E-state index contributed by atoms with van der Waals surface area (Å²) < 4.78 is 25.0. The lowest BCUT2D eigenvalue weighted by molar-refractivity contribution is -0.121. The molecule has 6 nitrogen and oxygen atoms in total. The summed E-state index contributed by atoms with van der Waals surface area (Å²) in [6, 6.07) is 32.8. The van der Waals surface area contributed by atoms with E-state index in [1.165, 1.54) is 40.8 Å². The standard InChI is InChI=1S/C48H64FN3O3/c1-37(2)25-33-50-31-12-11-29-48(43-36-45(55-4)44(54-3)35-39(43)26-34-52-48)30-13-27-47(40-15-7-5-8-16-40,41-17-9-6-10-18-41)28-14-32-51-46(53)24-21-38-19-22-42(49)23-20-38/h5-10,15-20,22-23,35-37,50,52H,11-14,21,24-34H2,1-4H3,(H,51,53). The number of nitrogens with one attached hydrogen (secondary N) is 3. The molecule has 0 saturated heterocycles. The molecule has 1 unspecified atom stereocenters. The fraction of sp³-hybridized carbons (Fsp3) is 0.479. The number of hydrogen-bond acceptors (Lipinski definition) is 5. The Morgan fingerprint density at radius 3 is 2.09 bits per heavy atom. The van der Waals surface area contributed by atoms with Gasteiger partial charge in [0, 0.05) is 30.5 Å². The molecule has 3 N–H and O–H groups in total. The maximum Gasteiger partial charge on any atom is 0.220 e. The Hall–Kier alpha value is -4.20. The molecule has 0 radical (unpaired) electrons. The van der Waals surface area contributed by atoms with E-state index >= 15 is 0 Å². The van der Waals surface area contributed by atoms with E-state index in [2.05, 4.69) is 103 Å². The first-order valence-corrected chi connectivity index (χ1v) is 20.6. The van der Waals surface area contributed by atoms with E-state index in [1.54, 1.807) is 26.4 Å². The summed E-state index contributed by atoms with van der Waals surface area (Å²) in [6.45, 7) is 8.21. The number of amides is 1. The third-order valence-corrected chi connectivity index (χ3v) is 11.6. The van der Waals surface area contributed by atoms with E-state index in [0.717, 1.165) is 94.5 Å². The average molecular weight is 750 g/mol. The highest BCUT2D eigenvalue weighted by Crippen LogP contribution is 2.46. The quantitative estimate of drug-likeness (QED) is 0.0660. The Morgan fingerprint density at radius 1 is 0.800 bits per heavy atom. The molecule has 1 amide bonds. The van der Waals surface area contributed by atoms with Crippen molar-refractivity contribution in [3.63, 3.8) is 0 Å². The summed E-state index contributed by atoms with van der Waals surface area (Å²) in [5.74, 6) is 2.06. The molecule has 1 heterocycles. The zero-order valence-corrected chi connectivity index (χ0v) is 33.7. The molecule has 1 atom stereocenters. The van der Waals surface area contributed by atoms with Crippen LogP contribution in [-0.2, 0) is 28.6 Å². The van der Waals surface area contributed by atoms with Crippen molar-refractivity contribution < 1.29 is 18.7 Å². The third-order valence-electron chi connectivity index (χ3n) is 11.6. The Kier molecular flexibility index (Phi) is 16.2. The lowest BCUT2D eigenvalue weighted by atomic mass is 9.67. The molecule has 296 valence electrons. The number of hydrogen-bond donors (Lipinski definition) is 3. The van der Waals surface area contributed by atoms with E-state index in [4.69, 9.17) is 9.47 Å². The van der Waals surface area contributed by atoms with Gasteiger partial charge in [-0.15, -0.1) is 0 Å². The number of ether oxygens (including phenoxy) is 2. The van der Waals surface area contributed by atoms with Crippen molar-refractivity contribution in [2.45, 2.75) is 102 Å². The molecular weight excluding hydrogens is 686 g/mol. The Balaban J connectivity index is 1.35. The van der Waals surface area contributed by atoms with Crippen molar-refractivity contribution in [2.75, 3.05) is 40.4 Å². The van der Waals surface area contributed by atoms with Gasteiger partial charge >= 0.3 is 0 Å². The van der Waals surface area contributed by atoms with Crippen molar-refractivity contribution >= 4 is 5.91 Å². The van der Waals surface area contributed by atoms with Crippen LogP contribution in [0.1, 0.15) is 106 Å². The Labute approximate surface area is 330 Å². The molecule has 0 aromatic heterocycles. The predicted octanol–water partition coefficient (Wildman–Crippen LogP) is 9.68. The first kappa shape index (κ1) is 42.0. The minimum Gasteiger partial charge on any atom is -0.493 e. The van der Waals surface area contributed by atoms with Crippen molar-refractivity contribution in [1.29, 1.82) is 0 Å². The first-order valence-electron chi connectivity index (χ1n) is 20.6. The second-order valence-electron chi connectivity index (χ2n) is 15.8. The van der Waals surface area contributed by atoms with E-state index in [0.29, 0.717) is 25.3 Å². The molecule has 1 aliphatic rings. The van der Waals surface area contributed by atoms with Gasteiger partial charge in [-0.25, -0.2) is 4.39 Å². The van der Waals surface area contributed by atoms with Crippen LogP contribution in [0.25, 0.3) is 0 Å². The SMILES string of the molecule is COc1cc2c(cc1OC)C(CCCCNCCC(C)C)(CCCC(CCCNC(=O)CCc1ccc(F)cc1)(c1ccccc1)c1ccccc1)NCC2. The monoisotopic (exact) mass is 749 g/mol. The van der Waals surface area contributed by atoms with Crippen LogP contribution < -0.4 is 25.4 Å². The summed E-state index contributed by atoms with van der Waals surface area (Å²) >= 11 is 0. The van der Waals surface area contributed by atoms with Crippen LogP contribution in [0.4, 0.5) is 4.39 Å². The van der Waals surface area contributed by atoms with Crippen molar-refractivity contribution in [2.24, 2.45) is 5.92 Å². The first-order chi connectivity index (χ1) is 26.8.